The first-order chi connectivity index (χ1) is 16.2. The van der Waals surface area contributed by atoms with E-state index in [1.165, 1.54) is 19.3 Å². The number of piperidine rings is 1. The number of fused-ring (bicyclic) bond motifs is 1. The summed E-state index contributed by atoms with van der Waals surface area (Å²) in [6.07, 6.45) is 3.89. The monoisotopic (exact) mass is 443 g/mol. The zero-order valence-corrected chi connectivity index (χ0v) is 18.9. The molecule has 1 aliphatic heterocycles. The lowest BCUT2D eigenvalue weighted by molar-refractivity contribution is 0.237. The predicted octanol–water partition coefficient (Wildman–Crippen LogP) is 3.97. The number of nitrogens with two attached hydrogens (primary N) is 1. The summed E-state index contributed by atoms with van der Waals surface area (Å²) in [5.41, 5.74) is 9.67. The summed E-state index contributed by atoms with van der Waals surface area (Å²) in [6, 6.07) is 17.7. The Morgan fingerprint density at radius 2 is 1.82 bits per heavy atom. The molecule has 0 aliphatic carbocycles. The van der Waals surface area contributed by atoms with Crippen LogP contribution in [-0.2, 0) is 0 Å². The highest BCUT2D eigenvalue weighted by Gasteiger charge is 2.19. The molecule has 0 bridgehead atoms. The lowest BCUT2D eigenvalue weighted by Gasteiger charge is -2.26. The van der Waals surface area contributed by atoms with Crippen LogP contribution < -0.4 is 15.8 Å². The Labute approximate surface area is 193 Å². The average molecular weight is 444 g/mol. The van der Waals surface area contributed by atoms with E-state index in [2.05, 4.69) is 10.2 Å². The molecule has 0 radical (unpaired) electrons. The van der Waals surface area contributed by atoms with Crippen LogP contribution in [-0.4, -0.2) is 57.9 Å². The molecule has 33 heavy (non-hydrogen) atoms. The Morgan fingerprint density at radius 3 is 2.61 bits per heavy atom. The van der Waals surface area contributed by atoms with Crippen LogP contribution in [0.3, 0.4) is 0 Å². The van der Waals surface area contributed by atoms with Crippen molar-refractivity contribution < 1.29 is 4.74 Å². The summed E-state index contributed by atoms with van der Waals surface area (Å²) in [4.78, 5) is 12.1. The van der Waals surface area contributed by atoms with Crippen LogP contribution >= 0.6 is 0 Å². The summed E-state index contributed by atoms with van der Waals surface area (Å²) < 4.78 is 7.16. The minimum absolute atomic E-state index is 0.508. The van der Waals surface area contributed by atoms with Gasteiger partial charge in [-0.1, -0.05) is 36.8 Å². The van der Waals surface area contributed by atoms with Gasteiger partial charge in [-0.15, -0.1) is 5.10 Å². The van der Waals surface area contributed by atoms with Crippen molar-refractivity contribution in [1.29, 1.82) is 0 Å². The molecule has 5 rings (SSSR count). The highest BCUT2D eigenvalue weighted by molar-refractivity contribution is 5.99. The van der Waals surface area contributed by atoms with E-state index >= 15 is 0 Å². The number of anilines is 2. The minimum atomic E-state index is 0.508. The smallest absolute Gasteiger partial charge is 0.225 e. The van der Waals surface area contributed by atoms with E-state index < -0.39 is 0 Å². The van der Waals surface area contributed by atoms with E-state index in [1.807, 2.05) is 54.6 Å². The first-order valence-corrected chi connectivity index (χ1v) is 11.5. The number of nitrogens with zero attached hydrogens (tertiary/aromatic N) is 5. The van der Waals surface area contributed by atoms with Crippen molar-refractivity contribution in [3.63, 3.8) is 0 Å². The zero-order valence-electron chi connectivity index (χ0n) is 18.9. The molecule has 0 amide bonds. The Hall–Kier alpha value is -3.65. The highest BCUT2D eigenvalue weighted by atomic mass is 16.5. The van der Waals surface area contributed by atoms with E-state index in [-0.39, 0.29) is 0 Å². The lowest BCUT2D eigenvalue weighted by atomic mass is 10.1. The molecule has 3 heterocycles. The standard InChI is InChI=1S/C25H29N7O/c1-33-20-12-8-9-18(17-20)22-21-23(26)32(19-10-4-2-5-11-19)30-24(21)29-25(28-22)27-13-16-31-14-6-3-7-15-31/h2,4-5,8-12,17H,3,6-7,13-16,26H2,1H3,(H,27,29,30). The molecule has 0 atom stereocenters. The Balaban J connectivity index is 1.54. The van der Waals surface area contributed by atoms with Gasteiger partial charge in [0.1, 0.15) is 11.6 Å². The number of hydrogen-bond acceptors (Lipinski definition) is 7. The van der Waals surface area contributed by atoms with Crippen LogP contribution in [0, 0.1) is 0 Å². The SMILES string of the molecule is COc1cccc(-c2nc(NCCN3CCCCC3)nc3nn(-c4ccccc4)c(N)c23)c1. The van der Waals surface area contributed by atoms with Crippen molar-refractivity contribution >= 4 is 22.8 Å². The van der Waals surface area contributed by atoms with E-state index in [9.17, 15) is 0 Å². The normalized spacial score (nSPS) is 14.5. The molecule has 3 N–H and O–H groups in total. The summed E-state index contributed by atoms with van der Waals surface area (Å²) in [5, 5.41) is 8.87. The van der Waals surface area contributed by atoms with Gasteiger partial charge >= 0.3 is 0 Å². The highest BCUT2D eigenvalue weighted by Crippen LogP contribution is 2.34. The molecule has 2 aromatic heterocycles. The predicted molar refractivity (Wildman–Crippen MR) is 132 cm³/mol. The topological polar surface area (TPSA) is 94.1 Å². The van der Waals surface area contributed by atoms with Gasteiger partial charge in [-0.25, -0.2) is 9.67 Å². The fourth-order valence-corrected chi connectivity index (χ4v) is 4.34. The molecule has 0 unspecified atom stereocenters. The second-order valence-electron chi connectivity index (χ2n) is 8.29. The molecule has 8 nitrogen and oxygen atoms in total. The second kappa shape index (κ2) is 9.46. The Morgan fingerprint density at radius 1 is 1.00 bits per heavy atom. The van der Waals surface area contributed by atoms with Crippen LogP contribution in [0.1, 0.15) is 19.3 Å². The number of nitrogen functional groups attached to an aromatic ring is 1. The van der Waals surface area contributed by atoms with Crippen molar-refractivity contribution in [2.24, 2.45) is 0 Å². The molecular formula is C25H29N7O. The van der Waals surface area contributed by atoms with Gasteiger partial charge in [0.2, 0.25) is 5.95 Å². The molecule has 170 valence electrons. The Bertz CT molecular complexity index is 1230. The zero-order chi connectivity index (χ0) is 22.6. The first-order valence-electron chi connectivity index (χ1n) is 11.5. The van der Waals surface area contributed by atoms with Crippen molar-refractivity contribution in [1.82, 2.24) is 24.6 Å². The molecule has 8 heteroatoms. The largest absolute Gasteiger partial charge is 0.497 e. The molecule has 0 spiro atoms. The summed E-state index contributed by atoms with van der Waals surface area (Å²) in [6.45, 7) is 4.07. The number of aromatic nitrogens is 4. The van der Waals surface area contributed by atoms with Gasteiger partial charge in [0.05, 0.1) is 23.9 Å². The molecule has 2 aromatic carbocycles. The first kappa shape index (κ1) is 21.2. The molecule has 1 aliphatic rings. The van der Waals surface area contributed by atoms with E-state index in [4.69, 9.17) is 25.5 Å². The van der Waals surface area contributed by atoms with Crippen LogP contribution in [0.4, 0.5) is 11.8 Å². The van der Waals surface area contributed by atoms with Crippen LogP contribution in [0.5, 0.6) is 5.75 Å². The second-order valence-corrected chi connectivity index (χ2v) is 8.29. The van der Waals surface area contributed by atoms with Crippen molar-refractivity contribution in [2.45, 2.75) is 19.3 Å². The number of likely N-dealkylation sites (tertiary alicyclic amines) is 1. The maximum atomic E-state index is 6.59. The summed E-state index contributed by atoms with van der Waals surface area (Å²) in [5.74, 6) is 1.82. The quantitative estimate of drug-likeness (QED) is 0.446. The van der Waals surface area contributed by atoms with Gasteiger partial charge in [0.15, 0.2) is 5.65 Å². The van der Waals surface area contributed by atoms with Crippen LogP contribution in [0.15, 0.2) is 54.6 Å². The molecule has 0 saturated carbocycles. The molecule has 1 fully saturated rings. The third kappa shape index (κ3) is 4.47. The molecule has 1 saturated heterocycles. The third-order valence-corrected chi connectivity index (χ3v) is 6.07. The number of hydrogen-bond donors (Lipinski definition) is 2. The van der Waals surface area contributed by atoms with Crippen molar-refractivity contribution in [3.05, 3.63) is 54.6 Å². The van der Waals surface area contributed by atoms with Gasteiger partial charge < -0.3 is 20.7 Å². The summed E-state index contributed by atoms with van der Waals surface area (Å²) >= 11 is 0. The van der Waals surface area contributed by atoms with Gasteiger partial charge in [-0.3, -0.25) is 0 Å². The van der Waals surface area contributed by atoms with Gasteiger partial charge in [0, 0.05) is 18.7 Å². The number of nitrogens with one attached hydrogen (secondary N) is 1. The van der Waals surface area contributed by atoms with Crippen LogP contribution in [0.25, 0.3) is 28.0 Å². The minimum Gasteiger partial charge on any atom is -0.497 e. The average Bonchev–Trinajstić information content (AvgIpc) is 3.21. The van der Waals surface area contributed by atoms with Gasteiger partial charge in [0.25, 0.3) is 0 Å². The van der Waals surface area contributed by atoms with E-state index in [1.54, 1.807) is 11.8 Å². The molecule has 4 aromatic rings. The van der Waals surface area contributed by atoms with E-state index in [0.717, 1.165) is 54.3 Å². The van der Waals surface area contributed by atoms with Crippen molar-refractivity contribution in [3.8, 4) is 22.7 Å². The fourth-order valence-electron chi connectivity index (χ4n) is 4.34. The van der Waals surface area contributed by atoms with Crippen molar-refractivity contribution in [2.75, 3.05) is 44.3 Å². The van der Waals surface area contributed by atoms with Gasteiger partial charge in [-0.05, 0) is 50.2 Å². The maximum Gasteiger partial charge on any atom is 0.225 e. The third-order valence-electron chi connectivity index (χ3n) is 6.07. The number of benzene rings is 2. The van der Waals surface area contributed by atoms with Crippen LogP contribution in [0.2, 0.25) is 0 Å². The lowest BCUT2D eigenvalue weighted by Crippen LogP contribution is -2.33. The Kier molecular flexibility index (Phi) is 6.08. The van der Waals surface area contributed by atoms with Gasteiger partial charge in [-0.2, -0.15) is 4.98 Å². The number of para-hydroxylation sites is 1. The van der Waals surface area contributed by atoms with E-state index in [0.29, 0.717) is 17.4 Å². The molecular weight excluding hydrogens is 414 g/mol. The number of methoxy groups -OCH3 is 1. The summed E-state index contributed by atoms with van der Waals surface area (Å²) in [7, 11) is 1.66. The maximum absolute atomic E-state index is 6.59. The number of rotatable bonds is 7. The number of ether oxygens (including phenoxy) is 1. The fraction of sp³-hybridized carbons (Fsp3) is 0.320.